The van der Waals surface area contributed by atoms with E-state index >= 15 is 0 Å². The molecule has 4 heteroatoms. The van der Waals surface area contributed by atoms with E-state index in [1.54, 1.807) is 12.1 Å². The Bertz CT molecular complexity index is 2510. The Kier molecular flexibility index (Phi) is 8.69. The Hall–Kier alpha value is -7.30. The fraction of sp³-hybridized carbons (Fsp3) is 0.0196. The summed E-state index contributed by atoms with van der Waals surface area (Å²) in [6.45, 7) is 0. The molecule has 0 saturated carbocycles. The summed E-state index contributed by atoms with van der Waals surface area (Å²) in [4.78, 5) is 10.3. The third-order valence-electron chi connectivity index (χ3n) is 10.4. The predicted molar refractivity (Wildman–Crippen MR) is 223 cm³/mol. The van der Waals surface area contributed by atoms with Gasteiger partial charge in [-0.25, -0.2) is 9.98 Å². The number of para-hydroxylation sites is 2. The minimum absolute atomic E-state index is 0.184. The highest BCUT2D eigenvalue weighted by Gasteiger charge is 2.45. The minimum Gasteiger partial charge on any atom is -0.507 e. The maximum Gasteiger partial charge on any atom is 0.124 e. The van der Waals surface area contributed by atoms with Crippen LogP contribution in [0.3, 0.4) is 0 Å². The highest BCUT2D eigenvalue weighted by Crippen LogP contribution is 2.56. The average molecular weight is 709 g/mol. The normalized spacial score (nSPS) is 13.2. The molecule has 0 heterocycles. The number of benzene rings is 8. The van der Waals surface area contributed by atoms with E-state index in [0.717, 1.165) is 33.6 Å². The molecule has 4 nitrogen and oxygen atoms in total. The predicted octanol–water partition coefficient (Wildman–Crippen LogP) is 11.8. The van der Waals surface area contributed by atoms with Crippen LogP contribution in [0.15, 0.2) is 216 Å². The van der Waals surface area contributed by atoms with E-state index in [-0.39, 0.29) is 11.5 Å². The van der Waals surface area contributed by atoms with E-state index in [1.807, 2.05) is 97.1 Å². The van der Waals surface area contributed by atoms with Gasteiger partial charge in [-0.2, -0.15) is 0 Å². The van der Waals surface area contributed by atoms with Gasteiger partial charge in [-0.05, 0) is 81.9 Å². The molecule has 0 unspecified atom stereocenters. The monoisotopic (exact) mass is 708 g/mol. The first-order valence-corrected chi connectivity index (χ1v) is 18.4. The quantitative estimate of drug-likeness (QED) is 0.154. The summed E-state index contributed by atoms with van der Waals surface area (Å²) in [7, 11) is 0. The number of aromatic hydroxyl groups is 2. The van der Waals surface area contributed by atoms with Crippen molar-refractivity contribution in [1.82, 2.24) is 0 Å². The zero-order valence-electron chi connectivity index (χ0n) is 29.9. The van der Waals surface area contributed by atoms with Crippen molar-refractivity contribution in [3.63, 3.8) is 0 Å². The van der Waals surface area contributed by atoms with Crippen LogP contribution in [-0.4, -0.2) is 21.6 Å². The summed E-state index contributed by atoms with van der Waals surface area (Å²) in [5.74, 6) is 0.369. The van der Waals surface area contributed by atoms with Gasteiger partial charge >= 0.3 is 0 Å². The van der Waals surface area contributed by atoms with Crippen LogP contribution in [0.5, 0.6) is 11.5 Å². The van der Waals surface area contributed by atoms with E-state index < -0.39 is 5.41 Å². The van der Waals surface area contributed by atoms with Crippen molar-refractivity contribution in [3.8, 4) is 22.6 Å². The second-order valence-electron chi connectivity index (χ2n) is 13.6. The van der Waals surface area contributed by atoms with E-state index in [0.29, 0.717) is 22.6 Å². The maximum atomic E-state index is 10.8. The number of hydrogen-bond donors (Lipinski definition) is 2. The van der Waals surface area contributed by atoms with Gasteiger partial charge in [0, 0.05) is 22.3 Å². The maximum absolute atomic E-state index is 10.8. The average Bonchev–Trinajstić information content (AvgIpc) is 3.55. The van der Waals surface area contributed by atoms with E-state index in [4.69, 9.17) is 9.98 Å². The molecule has 55 heavy (non-hydrogen) atoms. The van der Waals surface area contributed by atoms with Gasteiger partial charge in [0.1, 0.15) is 11.5 Å². The van der Waals surface area contributed by atoms with Gasteiger partial charge < -0.3 is 10.2 Å². The fourth-order valence-corrected chi connectivity index (χ4v) is 7.95. The largest absolute Gasteiger partial charge is 0.507 e. The van der Waals surface area contributed by atoms with E-state index in [9.17, 15) is 10.2 Å². The molecule has 1 aliphatic carbocycles. The summed E-state index contributed by atoms with van der Waals surface area (Å²) in [6, 6.07) is 69.0. The Morgan fingerprint density at radius 2 is 0.691 bits per heavy atom. The lowest BCUT2D eigenvalue weighted by Crippen LogP contribution is -2.28. The lowest BCUT2D eigenvalue weighted by molar-refractivity contribution is 0.473. The molecule has 2 N–H and O–H groups in total. The first kappa shape index (κ1) is 33.5. The highest BCUT2D eigenvalue weighted by molar-refractivity contribution is 6.16. The Morgan fingerprint density at radius 1 is 0.345 bits per heavy atom. The van der Waals surface area contributed by atoms with Crippen LogP contribution in [0.1, 0.15) is 44.5 Å². The number of rotatable bonds is 8. The van der Waals surface area contributed by atoms with Crippen LogP contribution in [0.25, 0.3) is 11.1 Å². The molecule has 0 saturated heterocycles. The smallest absolute Gasteiger partial charge is 0.124 e. The molecule has 0 amide bonds. The van der Waals surface area contributed by atoms with Gasteiger partial charge in [0.15, 0.2) is 0 Å². The van der Waals surface area contributed by atoms with Crippen LogP contribution >= 0.6 is 0 Å². The van der Waals surface area contributed by atoms with Crippen LogP contribution in [0.2, 0.25) is 0 Å². The summed E-state index contributed by atoms with van der Waals surface area (Å²) < 4.78 is 0. The van der Waals surface area contributed by atoms with Gasteiger partial charge in [0.05, 0.1) is 28.2 Å². The van der Waals surface area contributed by atoms with Crippen molar-refractivity contribution in [2.45, 2.75) is 5.41 Å². The van der Waals surface area contributed by atoms with E-state index in [1.165, 1.54) is 22.3 Å². The molecule has 0 fully saturated rings. The summed E-state index contributed by atoms with van der Waals surface area (Å²) >= 11 is 0. The van der Waals surface area contributed by atoms with Gasteiger partial charge in [-0.3, -0.25) is 0 Å². The van der Waals surface area contributed by atoms with Crippen molar-refractivity contribution < 1.29 is 10.2 Å². The molecule has 0 atom stereocenters. The molecule has 0 radical (unpaired) electrons. The molecule has 1 aliphatic rings. The number of fused-ring (bicyclic) bond motifs is 3. The van der Waals surface area contributed by atoms with Crippen LogP contribution in [0.4, 0.5) is 11.4 Å². The van der Waals surface area contributed by atoms with Crippen molar-refractivity contribution in [2.24, 2.45) is 9.98 Å². The first-order chi connectivity index (χ1) is 27.1. The Balaban J connectivity index is 1.19. The fourth-order valence-electron chi connectivity index (χ4n) is 7.95. The van der Waals surface area contributed by atoms with Crippen molar-refractivity contribution >= 4 is 22.8 Å². The molecule has 0 aliphatic heterocycles. The summed E-state index contributed by atoms with van der Waals surface area (Å²) in [5, 5.41) is 21.7. The standard InChI is InChI=1S/C51H36N2O2/c54-47-25-13-9-21-43(47)49(35-15-3-1-4-16-35)52-39-31-27-37(28-32-39)51(45-23-11-7-19-41(45)42-20-8-12-24-46(42)51)38-29-33-40(34-30-38)53-50(36-17-5-2-6-18-36)44-22-10-14-26-48(44)55/h1-34,54-55H. The van der Waals surface area contributed by atoms with Gasteiger partial charge in [0.2, 0.25) is 0 Å². The lowest BCUT2D eigenvalue weighted by atomic mass is 9.67. The number of hydrogen-bond acceptors (Lipinski definition) is 4. The van der Waals surface area contributed by atoms with Crippen LogP contribution in [0, 0.1) is 0 Å². The number of nitrogens with zero attached hydrogens (tertiary/aromatic N) is 2. The third-order valence-corrected chi connectivity index (χ3v) is 10.4. The second kappa shape index (κ2) is 14.3. The molecular formula is C51H36N2O2. The highest BCUT2D eigenvalue weighted by atomic mass is 16.3. The van der Waals surface area contributed by atoms with Crippen LogP contribution < -0.4 is 0 Å². The Labute approximate surface area is 320 Å². The summed E-state index contributed by atoms with van der Waals surface area (Å²) in [5.41, 5.74) is 12.6. The topological polar surface area (TPSA) is 65.2 Å². The van der Waals surface area contributed by atoms with Gasteiger partial charge in [-0.1, -0.05) is 158 Å². The van der Waals surface area contributed by atoms with Gasteiger partial charge in [0.25, 0.3) is 0 Å². The van der Waals surface area contributed by atoms with Crippen molar-refractivity contribution in [1.29, 1.82) is 0 Å². The summed E-state index contributed by atoms with van der Waals surface area (Å²) in [6.07, 6.45) is 0. The number of aliphatic imine (C=N–C) groups is 2. The molecule has 0 aromatic heterocycles. The SMILES string of the molecule is Oc1ccccc1C(=Nc1ccc(C2(c3ccc(N=C(c4ccccc4)c4ccccc4O)cc3)c3ccccc3-c3ccccc32)cc1)c1ccccc1. The number of phenolic OH excluding ortho intramolecular Hbond substituents is 2. The molecule has 0 bridgehead atoms. The third kappa shape index (κ3) is 6.00. The molecule has 8 aromatic carbocycles. The van der Waals surface area contributed by atoms with Gasteiger partial charge in [-0.15, -0.1) is 0 Å². The van der Waals surface area contributed by atoms with Crippen molar-refractivity contribution in [2.75, 3.05) is 0 Å². The first-order valence-electron chi connectivity index (χ1n) is 18.4. The van der Waals surface area contributed by atoms with Crippen molar-refractivity contribution in [3.05, 3.63) is 251 Å². The van der Waals surface area contributed by atoms with Crippen LogP contribution in [-0.2, 0) is 5.41 Å². The molecular weight excluding hydrogens is 673 g/mol. The van der Waals surface area contributed by atoms with E-state index in [2.05, 4.69) is 97.1 Å². The Morgan fingerprint density at radius 3 is 1.09 bits per heavy atom. The molecule has 0 spiro atoms. The minimum atomic E-state index is -0.614. The zero-order valence-corrected chi connectivity index (χ0v) is 29.9. The molecule has 262 valence electrons. The molecule has 9 rings (SSSR count). The lowest BCUT2D eigenvalue weighted by Gasteiger charge is -2.34. The molecule has 8 aromatic rings. The second-order valence-corrected chi connectivity index (χ2v) is 13.6. The number of phenols is 2. The zero-order chi connectivity index (χ0) is 37.2.